The second kappa shape index (κ2) is 7.68. The molecule has 0 aliphatic carbocycles. The molecule has 0 spiro atoms. The third-order valence-electron chi connectivity index (χ3n) is 4.66. The minimum atomic E-state index is 0.170. The van der Waals surface area contributed by atoms with Crippen molar-refractivity contribution in [2.24, 2.45) is 0 Å². The molecule has 1 atom stereocenters. The molecule has 1 amide bonds. The number of thioether (sulfide) groups is 1. The lowest BCUT2D eigenvalue weighted by atomic mass is 9.97. The number of rotatable bonds is 4. The first-order valence-electron chi connectivity index (χ1n) is 8.66. The number of benzene rings is 1. The van der Waals surface area contributed by atoms with E-state index in [9.17, 15) is 4.79 Å². The zero-order valence-corrected chi connectivity index (χ0v) is 15.8. The molecule has 1 aliphatic rings. The standard InChI is InChI=1S/C19H19ClN4OS/c20-15-6-8-16(9-7-15)26-13-18(25)23-10-3-4-14(12-23)19-22-21-17-5-1-2-11-24(17)19/h1-2,5-9,11,14H,3-4,10,12-13H2. The number of aromatic nitrogens is 3. The number of halogens is 1. The van der Waals surface area contributed by atoms with Gasteiger partial charge in [-0.05, 0) is 49.2 Å². The predicted octanol–water partition coefficient (Wildman–Crippen LogP) is 3.88. The molecular formula is C19H19ClN4OS. The average molecular weight is 387 g/mol. The molecule has 1 aliphatic heterocycles. The zero-order chi connectivity index (χ0) is 17.9. The monoisotopic (exact) mass is 386 g/mol. The zero-order valence-electron chi connectivity index (χ0n) is 14.2. The number of carbonyl (C=O) groups excluding carboxylic acids is 1. The summed E-state index contributed by atoms with van der Waals surface area (Å²) in [6.45, 7) is 1.52. The van der Waals surface area contributed by atoms with Gasteiger partial charge in [-0.1, -0.05) is 17.7 Å². The molecule has 0 radical (unpaired) electrons. The smallest absolute Gasteiger partial charge is 0.232 e. The Morgan fingerprint density at radius 2 is 2.04 bits per heavy atom. The van der Waals surface area contributed by atoms with Gasteiger partial charge in [-0.25, -0.2) is 0 Å². The SMILES string of the molecule is O=C(CSc1ccc(Cl)cc1)N1CCCC(c2nnc3ccccn23)C1. The summed E-state index contributed by atoms with van der Waals surface area (Å²) in [5, 5.41) is 9.32. The van der Waals surface area contributed by atoms with Gasteiger partial charge in [0.1, 0.15) is 5.82 Å². The van der Waals surface area contributed by atoms with E-state index < -0.39 is 0 Å². The van der Waals surface area contributed by atoms with E-state index in [0.717, 1.165) is 35.8 Å². The lowest BCUT2D eigenvalue weighted by Gasteiger charge is -2.32. The molecule has 3 aromatic rings. The number of amides is 1. The topological polar surface area (TPSA) is 50.5 Å². The van der Waals surface area contributed by atoms with E-state index in [2.05, 4.69) is 10.2 Å². The fraction of sp³-hybridized carbons (Fsp3) is 0.316. The predicted molar refractivity (Wildman–Crippen MR) is 104 cm³/mol. The van der Waals surface area contributed by atoms with E-state index in [1.807, 2.05) is 58.0 Å². The van der Waals surface area contributed by atoms with E-state index in [-0.39, 0.29) is 11.8 Å². The highest BCUT2D eigenvalue weighted by atomic mass is 35.5. The maximum atomic E-state index is 12.7. The highest BCUT2D eigenvalue weighted by Crippen LogP contribution is 2.27. The van der Waals surface area contributed by atoms with Crippen LogP contribution in [0, 0.1) is 0 Å². The number of hydrogen-bond donors (Lipinski definition) is 0. The molecule has 3 heterocycles. The van der Waals surface area contributed by atoms with Gasteiger partial charge >= 0.3 is 0 Å². The van der Waals surface area contributed by atoms with E-state index in [1.165, 1.54) is 0 Å². The van der Waals surface area contributed by atoms with Crippen LogP contribution in [0.15, 0.2) is 53.6 Å². The van der Waals surface area contributed by atoms with Gasteiger partial charge in [0.05, 0.1) is 5.75 Å². The largest absolute Gasteiger partial charge is 0.341 e. The van der Waals surface area contributed by atoms with Crippen LogP contribution in [0.2, 0.25) is 5.02 Å². The summed E-state index contributed by atoms with van der Waals surface area (Å²) in [4.78, 5) is 15.7. The second-order valence-corrected chi connectivity index (χ2v) is 7.89. The molecule has 7 heteroatoms. The molecule has 1 aromatic carbocycles. The highest BCUT2D eigenvalue weighted by Gasteiger charge is 2.27. The van der Waals surface area contributed by atoms with Gasteiger partial charge in [0.2, 0.25) is 5.91 Å². The summed E-state index contributed by atoms with van der Waals surface area (Å²) in [7, 11) is 0. The number of nitrogens with zero attached hydrogens (tertiary/aromatic N) is 4. The third kappa shape index (κ3) is 3.71. The number of piperidine rings is 1. The minimum absolute atomic E-state index is 0.170. The molecule has 4 rings (SSSR count). The Balaban J connectivity index is 1.41. The second-order valence-electron chi connectivity index (χ2n) is 6.41. The Labute approximate surface area is 161 Å². The van der Waals surface area contributed by atoms with Crippen LogP contribution in [0.5, 0.6) is 0 Å². The molecule has 1 saturated heterocycles. The van der Waals surface area contributed by atoms with Crippen molar-refractivity contribution in [1.82, 2.24) is 19.5 Å². The minimum Gasteiger partial charge on any atom is -0.341 e. The number of hydrogen-bond acceptors (Lipinski definition) is 4. The lowest BCUT2D eigenvalue weighted by molar-refractivity contribution is -0.129. The number of carbonyl (C=O) groups is 1. The van der Waals surface area contributed by atoms with Gasteiger partial charge in [0.25, 0.3) is 0 Å². The van der Waals surface area contributed by atoms with Gasteiger partial charge < -0.3 is 4.90 Å². The van der Waals surface area contributed by atoms with Crippen molar-refractivity contribution in [2.45, 2.75) is 23.7 Å². The molecule has 26 heavy (non-hydrogen) atoms. The Bertz CT molecular complexity index is 911. The average Bonchev–Trinajstić information content (AvgIpc) is 3.11. The normalized spacial score (nSPS) is 17.6. The number of fused-ring (bicyclic) bond motifs is 1. The lowest BCUT2D eigenvalue weighted by Crippen LogP contribution is -2.40. The first-order chi connectivity index (χ1) is 12.7. The molecule has 0 bridgehead atoms. The van der Waals surface area contributed by atoms with Gasteiger partial charge in [0.15, 0.2) is 5.65 Å². The van der Waals surface area contributed by atoms with Crippen molar-refractivity contribution >= 4 is 34.9 Å². The van der Waals surface area contributed by atoms with Crippen LogP contribution < -0.4 is 0 Å². The molecule has 0 saturated carbocycles. The Kier molecular flexibility index (Phi) is 5.13. The molecule has 1 unspecified atom stereocenters. The summed E-state index contributed by atoms with van der Waals surface area (Å²) in [5.41, 5.74) is 0.851. The van der Waals surface area contributed by atoms with Crippen LogP contribution in [0.25, 0.3) is 5.65 Å². The van der Waals surface area contributed by atoms with Crippen LogP contribution in [-0.4, -0.2) is 44.2 Å². The van der Waals surface area contributed by atoms with Crippen molar-refractivity contribution in [3.05, 3.63) is 59.5 Å². The summed E-state index contributed by atoms with van der Waals surface area (Å²) in [6.07, 6.45) is 4.01. The summed E-state index contributed by atoms with van der Waals surface area (Å²) in [5.74, 6) is 1.78. The van der Waals surface area contributed by atoms with Crippen molar-refractivity contribution in [3.8, 4) is 0 Å². The Morgan fingerprint density at radius 3 is 2.88 bits per heavy atom. The van der Waals surface area contributed by atoms with Crippen molar-refractivity contribution in [3.63, 3.8) is 0 Å². The van der Waals surface area contributed by atoms with Crippen LogP contribution >= 0.6 is 23.4 Å². The molecule has 5 nitrogen and oxygen atoms in total. The molecule has 134 valence electrons. The van der Waals surface area contributed by atoms with E-state index in [4.69, 9.17) is 11.6 Å². The maximum Gasteiger partial charge on any atom is 0.232 e. The molecule has 2 aromatic heterocycles. The first-order valence-corrected chi connectivity index (χ1v) is 10.0. The van der Waals surface area contributed by atoms with Gasteiger partial charge in [-0.3, -0.25) is 9.20 Å². The summed E-state index contributed by atoms with van der Waals surface area (Å²) >= 11 is 7.45. The van der Waals surface area contributed by atoms with Gasteiger partial charge in [-0.2, -0.15) is 0 Å². The Morgan fingerprint density at radius 1 is 1.19 bits per heavy atom. The van der Waals surface area contributed by atoms with Crippen LogP contribution in [0.4, 0.5) is 0 Å². The van der Waals surface area contributed by atoms with Crippen molar-refractivity contribution < 1.29 is 4.79 Å². The fourth-order valence-corrected chi connectivity index (χ4v) is 4.25. The summed E-state index contributed by atoms with van der Waals surface area (Å²) < 4.78 is 2.03. The fourth-order valence-electron chi connectivity index (χ4n) is 3.32. The quantitative estimate of drug-likeness (QED) is 0.638. The van der Waals surface area contributed by atoms with E-state index in [0.29, 0.717) is 17.3 Å². The van der Waals surface area contributed by atoms with Gasteiger partial charge in [0, 0.05) is 35.1 Å². The van der Waals surface area contributed by atoms with Crippen molar-refractivity contribution in [1.29, 1.82) is 0 Å². The van der Waals surface area contributed by atoms with E-state index >= 15 is 0 Å². The Hall–Kier alpha value is -2.05. The van der Waals surface area contributed by atoms with E-state index in [1.54, 1.807) is 11.8 Å². The summed E-state index contributed by atoms with van der Waals surface area (Å²) in [6, 6.07) is 13.5. The molecular weight excluding hydrogens is 368 g/mol. The number of likely N-dealkylation sites (tertiary alicyclic amines) is 1. The third-order valence-corrected chi connectivity index (χ3v) is 5.90. The molecule has 0 N–H and O–H groups in total. The van der Waals surface area contributed by atoms with Crippen LogP contribution in [-0.2, 0) is 4.79 Å². The highest BCUT2D eigenvalue weighted by molar-refractivity contribution is 8.00. The first kappa shape index (κ1) is 17.4. The maximum absolute atomic E-state index is 12.7. The van der Waals surface area contributed by atoms with Gasteiger partial charge in [-0.15, -0.1) is 22.0 Å². The molecule has 1 fully saturated rings. The van der Waals surface area contributed by atoms with Crippen LogP contribution in [0.3, 0.4) is 0 Å². The number of pyridine rings is 1. The van der Waals surface area contributed by atoms with Crippen molar-refractivity contribution in [2.75, 3.05) is 18.8 Å². The van der Waals surface area contributed by atoms with Crippen LogP contribution in [0.1, 0.15) is 24.6 Å².